The molecule has 0 spiro atoms. The summed E-state index contributed by atoms with van der Waals surface area (Å²) in [6, 6.07) is 0. The molecule has 0 bridgehead atoms. The van der Waals surface area contributed by atoms with Gasteiger partial charge in [-0.3, -0.25) is 9.89 Å². The molecule has 0 aliphatic carbocycles. The molecule has 0 fully saturated rings. The van der Waals surface area contributed by atoms with Crippen molar-refractivity contribution in [2.45, 2.75) is 46.5 Å². The van der Waals surface area contributed by atoms with Gasteiger partial charge in [0.1, 0.15) is 0 Å². The second-order valence-electron chi connectivity index (χ2n) is 3.81. The number of aromatic amines is 1. The van der Waals surface area contributed by atoms with Crippen molar-refractivity contribution in [3.8, 4) is 0 Å². The van der Waals surface area contributed by atoms with Crippen molar-refractivity contribution in [3.05, 3.63) is 11.4 Å². The smallest absolute Gasteiger partial charge is 0.224 e. The molecule has 84 valence electrons. The van der Waals surface area contributed by atoms with E-state index in [1.807, 2.05) is 13.8 Å². The summed E-state index contributed by atoms with van der Waals surface area (Å²) >= 11 is 0. The van der Waals surface area contributed by atoms with Crippen molar-refractivity contribution in [2.75, 3.05) is 5.32 Å². The first-order chi connectivity index (χ1) is 7.15. The highest BCUT2D eigenvalue weighted by Crippen LogP contribution is 2.16. The quantitative estimate of drug-likeness (QED) is 0.732. The number of hydrogen-bond donors (Lipinski definition) is 2. The minimum absolute atomic E-state index is 0.0797. The van der Waals surface area contributed by atoms with E-state index < -0.39 is 0 Å². The molecule has 0 radical (unpaired) electrons. The minimum atomic E-state index is 0.0797. The first kappa shape index (κ1) is 11.8. The van der Waals surface area contributed by atoms with Crippen LogP contribution in [0.15, 0.2) is 0 Å². The van der Waals surface area contributed by atoms with Crippen LogP contribution in [0.3, 0.4) is 0 Å². The third kappa shape index (κ3) is 3.38. The Labute approximate surface area is 90.5 Å². The molecule has 15 heavy (non-hydrogen) atoms. The van der Waals surface area contributed by atoms with Crippen molar-refractivity contribution in [1.82, 2.24) is 10.2 Å². The summed E-state index contributed by atoms with van der Waals surface area (Å²) in [6.07, 6.45) is 3.80. The fraction of sp³-hybridized carbons (Fsp3) is 0.636. The number of anilines is 1. The van der Waals surface area contributed by atoms with E-state index >= 15 is 0 Å². The second kappa shape index (κ2) is 5.53. The highest BCUT2D eigenvalue weighted by molar-refractivity contribution is 5.91. The van der Waals surface area contributed by atoms with Crippen LogP contribution in [0.1, 0.15) is 44.0 Å². The lowest BCUT2D eigenvalue weighted by Gasteiger charge is -2.04. The molecule has 0 atom stereocenters. The summed E-state index contributed by atoms with van der Waals surface area (Å²) in [6.45, 7) is 5.91. The van der Waals surface area contributed by atoms with Gasteiger partial charge in [0.05, 0.1) is 17.1 Å². The van der Waals surface area contributed by atoms with E-state index in [2.05, 4.69) is 22.4 Å². The standard InChI is InChI=1S/C11H19N3O/c1-4-5-6-7-10(15)12-11-8(2)13-14-9(11)3/h4-7H2,1-3H3,(H,12,15)(H,13,14). The minimum Gasteiger partial charge on any atom is -0.323 e. The number of amides is 1. The van der Waals surface area contributed by atoms with Crippen molar-refractivity contribution < 1.29 is 4.79 Å². The summed E-state index contributed by atoms with van der Waals surface area (Å²) < 4.78 is 0. The fourth-order valence-corrected chi connectivity index (χ4v) is 1.47. The molecular formula is C11H19N3O. The van der Waals surface area contributed by atoms with Gasteiger partial charge in [0.15, 0.2) is 0 Å². The Balaban J connectivity index is 2.44. The Hall–Kier alpha value is -1.32. The van der Waals surface area contributed by atoms with Crippen LogP contribution in [-0.2, 0) is 4.79 Å². The van der Waals surface area contributed by atoms with Crippen molar-refractivity contribution in [3.63, 3.8) is 0 Å². The van der Waals surface area contributed by atoms with Gasteiger partial charge in [-0.1, -0.05) is 19.8 Å². The monoisotopic (exact) mass is 209 g/mol. The van der Waals surface area contributed by atoms with E-state index in [0.717, 1.165) is 36.3 Å². The average Bonchev–Trinajstić information content (AvgIpc) is 2.50. The van der Waals surface area contributed by atoms with Gasteiger partial charge >= 0.3 is 0 Å². The highest BCUT2D eigenvalue weighted by atomic mass is 16.1. The number of carbonyl (C=O) groups excluding carboxylic acids is 1. The second-order valence-corrected chi connectivity index (χ2v) is 3.81. The third-order valence-electron chi connectivity index (χ3n) is 2.40. The maximum absolute atomic E-state index is 11.5. The lowest BCUT2D eigenvalue weighted by atomic mass is 10.2. The number of aromatic nitrogens is 2. The van der Waals surface area contributed by atoms with Crippen molar-refractivity contribution >= 4 is 11.6 Å². The molecular weight excluding hydrogens is 190 g/mol. The maximum Gasteiger partial charge on any atom is 0.224 e. The molecule has 4 nitrogen and oxygen atoms in total. The molecule has 1 aromatic rings. The third-order valence-corrected chi connectivity index (χ3v) is 2.40. The van der Waals surface area contributed by atoms with Crippen LogP contribution in [0.4, 0.5) is 5.69 Å². The summed E-state index contributed by atoms with van der Waals surface area (Å²) in [7, 11) is 0. The number of unbranched alkanes of at least 4 members (excludes halogenated alkanes) is 2. The molecule has 0 aromatic carbocycles. The predicted molar refractivity (Wildman–Crippen MR) is 60.8 cm³/mol. The number of rotatable bonds is 5. The van der Waals surface area contributed by atoms with E-state index in [4.69, 9.17) is 0 Å². The van der Waals surface area contributed by atoms with Gasteiger partial charge in [-0.25, -0.2) is 0 Å². The summed E-state index contributed by atoms with van der Waals surface area (Å²) in [5.74, 6) is 0.0797. The topological polar surface area (TPSA) is 57.8 Å². The van der Waals surface area contributed by atoms with E-state index in [1.165, 1.54) is 0 Å². The van der Waals surface area contributed by atoms with E-state index in [-0.39, 0.29) is 5.91 Å². The predicted octanol–water partition coefficient (Wildman–Crippen LogP) is 2.55. The number of aryl methyl sites for hydroxylation is 2. The molecule has 0 aliphatic heterocycles. The molecule has 0 unspecified atom stereocenters. The fourth-order valence-electron chi connectivity index (χ4n) is 1.47. The van der Waals surface area contributed by atoms with Gasteiger partial charge in [0, 0.05) is 6.42 Å². The summed E-state index contributed by atoms with van der Waals surface area (Å²) in [4.78, 5) is 11.5. The van der Waals surface area contributed by atoms with Crippen LogP contribution in [-0.4, -0.2) is 16.1 Å². The van der Waals surface area contributed by atoms with Gasteiger partial charge in [0.2, 0.25) is 5.91 Å². The molecule has 1 amide bonds. The van der Waals surface area contributed by atoms with Crippen LogP contribution in [0, 0.1) is 13.8 Å². The Bertz CT molecular complexity index is 311. The van der Waals surface area contributed by atoms with Crippen LogP contribution in [0.5, 0.6) is 0 Å². The zero-order valence-electron chi connectivity index (χ0n) is 9.68. The number of nitrogens with one attached hydrogen (secondary N) is 2. The lowest BCUT2D eigenvalue weighted by Crippen LogP contribution is -2.12. The highest BCUT2D eigenvalue weighted by Gasteiger charge is 2.09. The van der Waals surface area contributed by atoms with Crippen LogP contribution in [0.2, 0.25) is 0 Å². The van der Waals surface area contributed by atoms with Crippen LogP contribution in [0.25, 0.3) is 0 Å². The SMILES string of the molecule is CCCCCC(=O)Nc1c(C)n[nH]c1C. The van der Waals surface area contributed by atoms with E-state index in [9.17, 15) is 4.79 Å². The average molecular weight is 209 g/mol. The van der Waals surface area contributed by atoms with Gasteiger partial charge in [-0.15, -0.1) is 0 Å². The molecule has 0 saturated carbocycles. The molecule has 0 aliphatic rings. The summed E-state index contributed by atoms with van der Waals surface area (Å²) in [5.41, 5.74) is 2.59. The first-order valence-corrected chi connectivity index (χ1v) is 5.46. The number of nitrogens with zero attached hydrogens (tertiary/aromatic N) is 1. The zero-order chi connectivity index (χ0) is 11.3. The Morgan fingerprint density at radius 2 is 2.13 bits per heavy atom. The Morgan fingerprint density at radius 3 is 2.67 bits per heavy atom. The maximum atomic E-state index is 11.5. The van der Waals surface area contributed by atoms with Crippen molar-refractivity contribution in [1.29, 1.82) is 0 Å². The molecule has 2 N–H and O–H groups in total. The Kier molecular flexibility index (Phi) is 4.34. The molecule has 1 heterocycles. The van der Waals surface area contributed by atoms with Crippen LogP contribution < -0.4 is 5.32 Å². The first-order valence-electron chi connectivity index (χ1n) is 5.46. The number of carbonyl (C=O) groups is 1. The van der Waals surface area contributed by atoms with Gasteiger partial charge in [0.25, 0.3) is 0 Å². The molecule has 0 saturated heterocycles. The van der Waals surface area contributed by atoms with E-state index in [1.54, 1.807) is 0 Å². The largest absolute Gasteiger partial charge is 0.323 e. The zero-order valence-corrected chi connectivity index (χ0v) is 9.68. The van der Waals surface area contributed by atoms with E-state index in [0.29, 0.717) is 6.42 Å². The number of hydrogen-bond acceptors (Lipinski definition) is 2. The van der Waals surface area contributed by atoms with Gasteiger partial charge in [-0.05, 0) is 20.3 Å². The molecule has 1 rings (SSSR count). The summed E-state index contributed by atoms with van der Waals surface area (Å²) in [5, 5.41) is 9.76. The van der Waals surface area contributed by atoms with Gasteiger partial charge in [-0.2, -0.15) is 5.10 Å². The Morgan fingerprint density at radius 1 is 1.40 bits per heavy atom. The molecule has 4 heteroatoms. The van der Waals surface area contributed by atoms with Gasteiger partial charge < -0.3 is 5.32 Å². The normalized spacial score (nSPS) is 10.3. The number of H-pyrrole nitrogens is 1. The van der Waals surface area contributed by atoms with Crippen LogP contribution >= 0.6 is 0 Å². The van der Waals surface area contributed by atoms with Crippen molar-refractivity contribution in [2.24, 2.45) is 0 Å². The lowest BCUT2D eigenvalue weighted by molar-refractivity contribution is -0.116. The molecule has 1 aromatic heterocycles.